The molecule has 0 spiro atoms. The second kappa shape index (κ2) is 6.44. The molecule has 0 bridgehead atoms. The molecular weight excluding hydrogens is 352 g/mol. The molecule has 0 atom stereocenters. The van der Waals surface area contributed by atoms with Gasteiger partial charge >= 0.3 is 0 Å². The summed E-state index contributed by atoms with van der Waals surface area (Å²) in [7, 11) is 1.87. The molecule has 3 aromatic rings. The van der Waals surface area contributed by atoms with Crippen molar-refractivity contribution < 1.29 is 14.6 Å². The van der Waals surface area contributed by atoms with Gasteiger partial charge in [0.15, 0.2) is 17.3 Å². The fraction of sp³-hybridized carbons (Fsp3) is 0.278. The molecule has 1 aliphatic rings. The van der Waals surface area contributed by atoms with Crippen molar-refractivity contribution in [3.05, 3.63) is 35.2 Å². The highest BCUT2D eigenvalue weighted by Crippen LogP contribution is 2.42. The molecule has 0 saturated heterocycles. The lowest BCUT2D eigenvalue weighted by Gasteiger charge is -2.19. The molecule has 0 amide bonds. The van der Waals surface area contributed by atoms with Gasteiger partial charge in [0.05, 0.1) is 13.2 Å². The summed E-state index contributed by atoms with van der Waals surface area (Å²) in [6.45, 7) is 9.95. The predicted octanol–water partition coefficient (Wildman–Crippen LogP) is 3.37. The first-order valence-corrected chi connectivity index (χ1v) is 8.84. The highest BCUT2D eigenvalue weighted by Gasteiger charge is 2.21. The maximum Gasteiger partial charge on any atom is 0.246 e. The smallest absolute Gasteiger partial charge is 0.246 e. The number of nitrogens with zero attached hydrogens (tertiary/aromatic N) is 4. The van der Waals surface area contributed by atoms with Crippen LogP contribution in [0.3, 0.4) is 0 Å². The number of hydrogen-bond donors (Lipinski definition) is 1. The van der Waals surface area contributed by atoms with Crippen molar-refractivity contribution in [1.29, 1.82) is 0 Å². The molecule has 0 saturated carbocycles. The zero-order chi connectivity index (χ0) is 18.3. The highest BCUT2D eigenvalue weighted by molar-refractivity contribution is 7.22. The number of aliphatic hydroxyl groups is 1. The summed E-state index contributed by atoms with van der Waals surface area (Å²) in [6.07, 6.45) is 0. The van der Waals surface area contributed by atoms with E-state index in [2.05, 4.69) is 9.83 Å². The van der Waals surface area contributed by atoms with Gasteiger partial charge in [-0.1, -0.05) is 0 Å². The van der Waals surface area contributed by atoms with Gasteiger partial charge in [-0.3, -0.25) is 0 Å². The average Bonchev–Trinajstić information content (AvgIpc) is 3.24. The van der Waals surface area contributed by atoms with Crippen molar-refractivity contribution in [1.82, 2.24) is 9.97 Å². The Morgan fingerprint density at radius 1 is 1.31 bits per heavy atom. The van der Waals surface area contributed by atoms with E-state index in [0.717, 1.165) is 21.3 Å². The number of benzene rings is 1. The van der Waals surface area contributed by atoms with E-state index in [1.807, 2.05) is 37.1 Å². The molecule has 0 unspecified atom stereocenters. The third-order valence-corrected chi connectivity index (χ3v) is 5.35. The summed E-state index contributed by atoms with van der Waals surface area (Å²) in [5.74, 6) is 2.63. The van der Waals surface area contributed by atoms with E-state index < -0.39 is 0 Å². The molecule has 7 nitrogen and oxygen atoms in total. The lowest BCUT2D eigenvalue weighted by Crippen LogP contribution is -2.22. The van der Waals surface area contributed by atoms with Crippen LogP contribution in [0, 0.1) is 13.5 Å². The summed E-state index contributed by atoms with van der Waals surface area (Å²) in [5, 5.41) is 10.8. The second-order valence-electron chi connectivity index (χ2n) is 5.91. The van der Waals surface area contributed by atoms with Crippen molar-refractivity contribution in [2.45, 2.75) is 6.92 Å². The van der Waals surface area contributed by atoms with E-state index in [1.165, 1.54) is 11.3 Å². The molecule has 0 fully saturated rings. The molecule has 0 aliphatic carbocycles. The summed E-state index contributed by atoms with van der Waals surface area (Å²) in [6, 6.07) is 5.59. The molecule has 1 aliphatic heterocycles. The number of rotatable bonds is 4. The Bertz CT molecular complexity index is 1040. The molecule has 4 rings (SSSR count). The third-order valence-electron chi connectivity index (χ3n) is 4.28. The van der Waals surface area contributed by atoms with Gasteiger partial charge in [-0.15, -0.1) is 11.3 Å². The van der Waals surface area contributed by atoms with Gasteiger partial charge in [0, 0.05) is 24.5 Å². The Kier molecular flexibility index (Phi) is 4.11. The number of ether oxygens (including phenoxy) is 2. The largest absolute Gasteiger partial charge is 0.454 e. The molecule has 26 heavy (non-hydrogen) atoms. The molecule has 1 N–H and O–H groups in total. The number of aryl methyl sites for hydroxylation is 1. The second-order valence-corrected chi connectivity index (χ2v) is 6.89. The number of hydrogen-bond acceptors (Lipinski definition) is 7. The molecule has 8 heteroatoms. The van der Waals surface area contributed by atoms with E-state index in [9.17, 15) is 5.11 Å². The van der Waals surface area contributed by atoms with E-state index in [4.69, 9.17) is 21.0 Å². The van der Waals surface area contributed by atoms with Gasteiger partial charge in [0.2, 0.25) is 11.8 Å². The van der Waals surface area contributed by atoms with E-state index in [-0.39, 0.29) is 13.4 Å². The van der Waals surface area contributed by atoms with E-state index in [1.54, 1.807) is 0 Å². The Morgan fingerprint density at radius 2 is 2.12 bits per heavy atom. The number of aromatic nitrogens is 2. The zero-order valence-electron chi connectivity index (χ0n) is 14.3. The van der Waals surface area contributed by atoms with Gasteiger partial charge < -0.3 is 19.5 Å². The van der Waals surface area contributed by atoms with Crippen LogP contribution in [0.1, 0.15) is 5.56 Å². The minimum absolute atomic E-state index is 0.0141. The van der Waals surface area contributed by atoms with Crippen molar-refractivity contribution in [2.75, 3.05) is 31.9 Å². The van der Waals surface area contributed by atoms with Crippen molar-refractivity contribution in [2.24, 2.45) is 0 Å². The van der Waals surface area contributed by atoms with Gasteiger partial charge in [-0.2, -0.15) is 0 Å². The van der Waals surface area contributed by atoms with E-state index in [0.29, 0.717) is 34.7 Å². The van der Waals surface area contributed by atoms with Crippen LogP contribution >= 0.6 is 11.3 Å². The summed E-state index contributed by atoms with van der Waals surface area (Å²) in [5.41, 5.74) is 1.68. The third kappa shape index (κ3) is 2.62. The summed E-state index contributed by atoms with van der Waals surface area (Å²) < 4.78 is 10.8. The fourth-order valence-electron chi connectivity index (χ4n) is 2.91. The normalized spacial score (nSPS) is 12.4. The Morgan fingerprint density at radius 3 is 2.88 bits per heavy atom. The van der Waals surface area contributed by atoms with Crippen LogP contribution in [0.25, 0.3) is 26.4 Å². The SMILES string of the molecule is [C-]#[N+]c1sc2nc(-c3ccc4c(c3)OCO4)nc(N(C)CCO)c2c1C. The molecule has 3 heterocycles. The van der Waals surface area contributed by atoms with Gasteiger partial charge in [0.25, 0.3) is 0 Å². The zero-order valence-corrected chi connectivity index (χ0v) is 15.1. The first kappa shape index (κ1) is 16.6. The number of aliphatic hydroxyl groups excluding tert-OH is 1. The molecule has 132 valence electrons. The molecule has 0 radical (unpaired) electrons. The van der Waals surface area contributed by atoms with Crippen LogP contribution < -0.4 is 14.4 Å². The van der Waals surface area contributed by atoms with Crippen LogP contribution in [0.2, 0.25) is 0 Å². The standard InChI is InChI=1S/C18H16N4O3S/c1-10-14-16(22(3)6-7-23)20-15(21-18(14)26-17(10)19-2)11-4-5-12-13(8-11)25-9-24-12/h4-5,8,23H,6-7,9H2,1,3H3. The Hall–Kier alpha value is -2.89. The number of likely N-dealkylation sites (N-methyl/N-ethyl adjacent to an activating group) is 1. The van der Waals surface area contributed by atoms with Crippen LogP contribution in [-0.4, -0.2) is 42.1 Å². The van der Waals surface area contributed by atoms with Gasteiger partial charge in [0.1, 0.15) is 10.6 Å². The van der Waals surface area contributed by atoms with Gasteiger partial charge in [-0.05, 0) is 30.7 Å². The molecular formula is C18H16N4O3S. The maximum absolute atomic E-state index is 9.32. The van der Waals surface area contributed by atoms with Crippen LogP contribution in [-0.2, 0) is 0 Å². The van der Waals surface area contributed by atoms with Crippen LogP contribution in [0.4, 0.5) is 10.8 Å². The van der Waals surface area contributed by atoms with E-state index >= 15 is 0 Å². The lowest BCUT2D eigenvalue weighted by atomic mass is 10.1. The topological polar surface area (TPSA) is 72.1 Å². The predicted molar refractivity (Wildman–Crippen MR) is 100 cm³/mol. The van der Waals surface area contributed by atoms with Crippen LogP contribution in [0.5, 0.6) is 11.5 Å². The van der Waals surface area contributed by atoms with Crippen molar-refractivity contribution in [3.63, 3.8) is 0 Å². The Balaban J connectivity index is 1.92. The monoisotopic (exact) mass is 368 g/mol. The first-order chi connectivity index (χ1) is 12.6. The number of thiophene rings is 1. The highest BCUT2D eigenvalue weighted by atomic mass is 32.1. The summed E-state index contributed by atoms with van der Waals surface area (Å²) in [4.78, 5) is 15.7. The van der Waals surface area contributed by atoms with Gasteiger partial charge in [-0.25, -0.2) is 14.8 Å². The fourth-order valence-corrected chi connectivity index (χ4v) is 3.87. The average molecular weight is 368 g/mol. The number of fused-ring (bicyclic) bond motifs is 2. The van der Waals surface area contributed by atoms with Crippen molar-refractivity contribution in [3.8, 4) is 22.9 Å². The van der Waals surface area contributed by atoms with Crippen molar-refractivity contribution >= 4 is 32.4 Å². The van der Waals surface area contributed by atoms with Crippen LogP contribution in [0.15, 0.2) is 18.2 Å². The molecule has 1 aromatic carbocycles. The quantitative estimate of drug-likeness (QED) is 0.712. The molecule has 2 aromatic heterocycles. The number of anilines is 1. The maximum atomic E-state index is 9.32. The Labute approximate surface area is 154 Å². The first-order valence-electron chi connectivity index (χ1n) is 8.03. The summed E-state index contributed by atoms with van der Waals surface area (Å²) >= 11 is 1.36. The minimum atomic E-state index is 0.0141. The lowest BCUT2D eigenvalue weighted by molar-refractivity contribution is 0.174. The minimum Gasteiger partial charge on any atom is -0.454 e.